The van der Waals surface area contributed by atoms with Gasteiger partial charge in [-0.3, -0.25) is 4.79 Å². The van der Waals surface area contributed by atoms with E-state index in [2.05, 4.69) is 5.16 Å². The number of hydrogen-bond acceptors (Lipinski definition) is 7. The lowest BCUT2D eigenvalue weighted by molar-refractivity contribution is -0.119. The molecule has 1 unspecified atom stereocenters. The van der Waals surface area contributed by atoms with E-state index in [4.69, 9.17) is 24.5 Å². The zero-order chi connectivity index (χ0) is 25.7. The van der Waals surface area contributed by atoms with Gasteiger partial charge in [-0.15, -0.1) is 12.4 Å². The number of ether oxygens (including phenoxy) is 3. The number of carbonyl (C=O) groups excluding carboxylic acids is 1. The average molecular weight is 523 g/mol. The maximum atomic E-state index is 13.0. The standard InChI is InChI=1S/C29H30N2O5.ClH/c1-18-12-22(16-27(34-3)29(18)35-4)28-23(17-36-31-28)20-10-11-26(33-2)21(14-20)15-25(32)24(30)13-19-8-6-5-7-9-19;/h5-12,14,16-17,24H,13,15,30H2,1-4H3;1H. The van der Waals surface area contributed by atoms with Gasteiger partial charge in [0.05, 0.1) is 27.4 Å². The number of carbonyl (C=O) groups is 1. The van der Waals surface area contributed by atoms with Crippen LogP contribution in [-0.2, 0) is 17.6 Å². The second-order valence-corrected chi connectivity index (χ2v) is 8.57. The Hall–Kier alpha value is -3.81. The first-order valence-electron chi connectivity index (χ1n) is 11.6. The summed E-state index contributed by atoms with van der Waals surface area (Å²) >= 11 is 0. The highest BCUT2D eigenvalue weighted by atomic mass is 35.5. The van der Waals surface area contributed by atoms with Gasteiger partial charge in [-0.05, 0) is 54.3 Å². The normalized spacial score (nSPS) is 11.4. The molecule has 4 aromatic rings. The van der Waals surface area contributed by atoms with E-state index in [1.54, 1.807) is 27.6 Å². The summed E-state index contributed by atoms with van der Waals surface area (Å²) in [6.45, 7) is 1.94. The van der Waals surface area contributed by atoms with Crippen molar-refractivity contribution in [1.29, 1.82) is 0 Å². The van der Waals surface area contributed by atoms with E-state index in [1.165, 1.54) is 0 Å². The Morgan fingerprint density at radius 1 is 0.946 bits per heavy atom. The van der Waals surface area contributed by atoms with Gasteiger partial charge in [-0.2, -0.15) is 0 Å². The summed E-state index contributed by atoms with van der Waals surface area (Å²) in [5.41, 5.74) is 12.0. The van der Waals surface area contributed by atoms with Crippen LogP contribution < -0.4 is 19.9 Å². The van der Waals surface area contributed by atoms with Crippen LogP contribution in [0, 0.1) is 6.92 Å². The van der Waals surface area contributed by atoms with Gasteiger partial charge < -0.3 is 24.5 Å². The Balaban J connectivity index is 0.00000380. The van der Waals surface area contributed by atoms with E-state index in [-0.39, 0.29) is 24.6 Å². The molecule has 37 heavy (non-hydrogen) atoms. The number of nitrogens with zero attached hydrogens (tertiary/aromatic N) is 1. The highest BCUT2D eigenvalue weighted by Crippen LogP contribution is 2.39. The van der Waals surface area contributed by atoms with Crippen molar-refractivity contribution in [3.63, 3.8) is 0 Å². The Morgan fingerprint density at radius 2 is 1.68 bits per heavy atom. The molecule has 0 saturated heterocycles. The zero-order valence-corrected chi connectivity index (χ0v) is 22.1. The smallest absolute Gasteiger partial charge is 0.163 e. The number of methoxy groups -OCH3 is 3. The molecule has 0 aliphatic rings. The van der Waals surface area contributed by atoms with E-state index in [0.29, 0.717) is 29.4 Å². The van der Waals surface area contributed by atoms with Crippen molar-refractivity contribution in [2.45, 2.75) is 25.8 Å². The fourth-order valence-corrected chi connectivity index (χ4v) is 4.33. The van der Waals surface area contributed by atoms with Crippen LogP contribution in [0.3, 0.4) is 0 Å². The minimum atomic E-state index is -0.610. The van der Waals surface area contributed by atoms with Crippen molar-refractivity contribution >= 4 is 18.2 Å². The van der Waals surface area contributed by atoms with Crippen molar-refractivity contribution in [3.05, 3.63) is 83.6 Å². The lowest BCUT2D eigenvalue weighted by Crippen LogP contribution is -2.34. The first-order valence-corrected chi connectivity index (χ1v) is 11.6. The molecule has 0 aliphatic heterocycles. The van der Waals surface area contributed by atoms with Crippen LogP contribution in [0.4, 0.5) is 0 Å². The zero-order valence-electron chi connectivity index (χ0n) is 21.3. The molecule has 1 atom stereocenters. The molecule has 194 valence electrons. The number of ketones is 1. The van der Waals surface area contributed by atoms with E-state index in [0.717, 1.165) is 33.4 Å². The highest BCUT2D eigenvalue weighted by Gasteiger charge is 2.20. The van der Waals surface area contributed by atoms with E-state index in [9.17, 15) is 4.79 Å². The molecule has 4 rings (SSSR count). The van der Waals surface area contributed by atoms with Gasteiger partial charge >= 0.3 is 0 Å². The largest absolute Gasteiger partial charge is 0.496 e. The molecule has 8 heteroatoms. The maximum absolute atomic E-state index is 13.0. The van der Waals surface area contributed by atoms with Crippen molar-refractivity contribution in [3.8, 4) is 39.6 Å². The van der Waals surface area contributed by atoms with E-state index < -0.39 is 6.04 Å². The molecule has 0 fully saturated rings. The second-order valence-electron chi connectivity index (χ2n) is 8.57. The number of aromatic nitrogens is 1. The number of aryl methyl sites for hydroxylation is 1. The summed E-state index contributed by atoms with van der Waals surface area (Å²) in [7, 11) is 4.79. The summed E-state index contributed by atoms with van der Waals surface area (Å²) in [6.07, 6.45) is 2.23. The Bertz CT molecular complexity index is 1350. The Labute approximate surface area is 222 Å². The molecule has 0 spiro atoms. The lowest BCUT2D eigenvalue weighted by atomic mass is 9.94. The molecule has 1 heterocycles. The number of rotatable bonds is 10. The van der Waals surface area contributed by atoms with E-state index >= 15 is 0 Å². The topological polar surface area (TPSA) is 96.8 Å². The third-order valence-electron chi connectivity index (χ3n) is 6.18. The number of benzene rings is 3. The minimum absolute atomic E-state index is 0. The van der Waals surface area contributed by atoms with Gasteiger partial charge in [0.15, 0.2) is 17.3 Å². The number of hydrogen-bond donors (Lipinski definition) is 1. The van der Waals surface area contributed by atoms with Gasteiger partial charge in [-0.25, -0.2) is 0 Å². The first kappa shape index (κ1) is 27.8. The van der Waals surface area contributed by atoms with Gasteiger partial charge in [0, 0.05) is 23.1 Å². The van der Waals surface area contributed by atoms with Gasteiger partial charge in [-0.1, -0.05) is 41.6 Å². The SMILES string of the molecule is COc1ccc(-c2conc2-c2cc(C)c(OC)c(OC)c2)cc1CC(=O)C(N)Cc1ccccc1.Cl. The molecule has 1 aromatic heterocycles. The monoisotopic (exact) mass is 522 g/mol. The van der Waals surface area contributed by atoms with Crippen LogP contribution in [0.25, 0.3) is 22.4 Å². The fourth-order valence-electron chi connectivity index (χ4n) is 4.33. The van der Waals surface area contributed by atoms with Crippen LogP contribution in [0.5, 0.6) is 17.2 Å². The van der Waals surface area contributed by atoms with E-state index in [1.807, 2.05) is 67.6 Å². The van der Waals surface area contributed by atoms with Crippen molar-refractivity contribution in [2.75, 3.05) is 21.3 Å². The maximum Gasteiger partial charge on any atom is 0.163 e. The molecule has 0 aliphatic carbocycles. The number of nitrogens with two attached hydrogens (primary N) is 1. The van der Waals surface area contributed by atoms with Crippen molar-refractivity contribution < 1.29 is 23.5 Å². The minimum Gasteiger partial charge on any atom is -0.496 e. The molecule has 2 N–H and O–H groups in total. The second kappa shape index (κ2) is 12.4. The highest BCUT2D eigenvalue weighted by molar-refractivity contribution is 5.88. The van der Waals surface area contributed by atoms with Crippen LogP contribution in [-0.4, -0.2) is 38.3 Å². The average Bonchev–Trinajstić information content (AvgIpc) is 3.38. The van der Waals surface area contributed by atoms with Crippen molar-refractivity contribution in [1.82, 2.24) is 5.16 Å². The third kappa shape index (κ3) is 6.13. The number of halogens is 1. The first-order chi connectivity index (χ1) is 17.4. The summed E-state index contributed by atoms with van der Waals surface area (Å²) in [5.74, 6) is 1.84. The summed E-state index contributed by atoms with van der Waals surface area (Å²) in [5, 5.41) is 4.25. The molecular weight excluding hydrogens is 492 g/mol. The van der Waals surface area contributed by atoms with Gasteiger partial charge in [0.2, 0.25) is 0 Å². The Kier molecular flexibility index (Phi) is 9.33. The molecular formula is C29H31ClN2O5. The fraction of sp³-hybridized carbons (Fsp3) is 0.241. The molecule has 0 amide bonds. The van der Waals surface area contributed by atoms with Crippen LogP contribution in [0.1, 0.15) is 16.7 Å². The molecule has 0 saturated carbocycles. The molecule has 7 nitrogen and oxygen atoms in total. The lowest BCUT2D eigenvalue weighted by Gasteiger charge is -2.14. The summed E-state index contributed by atoms with van der Waals surface area (Å²) < 4.78 is 21.9. The Morgan fingerprint density at radius 3 is 2.35 bits per heavy atom. The number of Topliss-reactive ketones (excluding diaryl/α,β-unsaturated/α-hetero) is 1. The predicted molar refractivity (Wildman–Crippen MR) is 146 cm³/mol. The summed E-state index contributed by atoms with van der Waals surface area (Å²) in [4.78, 5) is 13.0. The summed E-state index contributed by atoms with van der Waals surface area (Å²) in [6, 6.07) is 18.7. The van der Waals surface area contributed by atoms with Gasteiger partial charge in [0.25, 0.3) is 0 Å². The van der Waals surface area contributed by atoms with Crippen molar-refractivity contribution in [2.24, 2.45) is 5.73 Å². The molecule has 3 aromatic carbocycles. The van der Waals surface area contributed by atoms with Crippen LogP contribution in [0.2, 0.25) is 0 Å². The van der Waals surface area contributed by atoms with Crippen LogP contribution >= 0.6 is 12.4 Å². The quantitative estimate of drug-likeness (QED) is 0.296. The van der Waals surface area contributed by atoms with Gasteiger partial charge in [0.1, 0.15) is 17.7 Å². The predicted octanol–water partition coefficient (Wildman–Crippen LogP) is 5.45. The molecule has 0 radical (unpaired) electrons. The van der Waals surface area contributed by atoms with Crippen LogP contribution in [0.15, 0.2) is 71.4 Å². The third-order valence-corrected chi connectivity index (χ3v) is 6.18. The molecule has 0 bridgehead atoms.